The molecule has 144 valence electrons. The second kappa shape index (κ2) is 8.85. The van der Waals surface area contributed by atoms with E-state index in [9.17, 15) is 0 Å². The van der Waals surface area contributed by atoms with Crippen LogP contribution in [0.15, 0.2) is 42.7 Å². The highest BCUT2D eigenvalue weighted by Gasteiger charge is 2.21. The van der Waals surface area contributed by atoms with Crippen LogP contribution in [-0.4, -0.2) is 48.1 Å². The number of hydrogen-bond donors (Lipinski definition) is 0. The molecule has 3 heterocycles. The van der Waals surface area contributed by atoms with Crippen molar-refractivity contribution in [2.24, 2.45) is 0 Å². The number of methoxy groups -OCH3 is 1. The maximum Gasteiger partial charge on any atom is 0.123 e. The lowest BCUT2D eigenvalue weighted by Crippen LogP contribution is -2.32. The fourth-order valence-electron chi connectivity index (χ4n) is 4.55. The minimum absolute atomic E-state index is 0.686. The minimum atomic E-state index is 0.686. The summed E-state index contributed by atoms with van der Waals surface area (Å²) in [5.41, 5.74) is 4.19. The number of aromatic nitrogens is 1. The maximum absolute atomic E-state index is 5.62. The molecule has 2 aromatic rings. The van der Waals surface area contributed by atoms with Gasteiger partial charge < -0.3 is 4.74 Å². The van der Waals surface area contributed by atoms with Crippen LogP contribution >= 0.6 is 0 Å². The van der Waals surface area contributed by atoms with E-state index in [0.29, 0.717) is 5.92 Å². The Morgan fingerprint density at radius 3 is 2.33 bits per heavy atom. The van der Waals surface area contributed by atoms with Crippen molar-refractivity contribution in [1.29, 1.82) is 0 Å². The SMILES string of the molecule is COc1ccc(CN2CCC(c3ccncc3)CC2)cc1CN1CCCC1. The molecule has 0 spiro atoms. The van der Waals surface area contributed by atoms with E-state index in [0.717, 1.165) is 18.8 Å². The summed E-state index contributed by atoms with van der Waals surface area (Å²) in [6.45, 7) is 6.83. The predicted octanol–water partition coefficient (Wildman–Crippen LogP) is 4.07. The molecular weight excluding hydrogens is 334 g/mol. The number of benzene rings is 1. The molecule has 2 saturated heterocycles. The average Bonchev–Trinajstić information content (AvgIpc) is 3.23. The largest absolute Gasteiger partial charge is 0.496 e. The Bertz CT molecular complexity index is 720. The summed E-state index contributed by atoms with van der Waals surface area (Å²) in [6, 6.07) is 11.1. The third kappa shape index (κ3) is 4.69. The van der Waals surface area contributed by atoms with E-state index in [2.05, 4.69) is 45.1 Å². The van der Waals surface area contributed by atoms with Crippen LogP contribution in [0.2, 0.25) is 0 Å². The highest BCUT2D eigenvalue weighted by atomic mass is 16.5. The Kier molecular flexibility index (Phi) is 6.05. The maximum atomic E-state index is 5.62. The monoisotopic (exact) mass is 365 g/mol. The first-order chi connectivity index (χ1) is 13.3. The van der Waals surface area contributed by atoms with Crippen LogP contribution in [0.1, 0.15) is 48.3 Å². The highest BCUT2D eigenvalue weighted by Crippen LogP contribution is 2.29. The van der Waals surface area contributed by atoms with Gasteiger partial charge in [0.05, 0.1) is 7.11 Å². The fourth-order valence-corrected chi connectivity index (χ4v) is 4.55. The first-order valence-electron chi connectivity index (χ1n) is 10.3. The van der Waals surface area contributed by atoms with Crippen molar-refractivity contribution in [2.45, 2.75) is 44.7 Å². The summed E-state index contributed by atoms with van der Waals surface area (Å²) < 4.78 is 5.62. The second-order valence-electron chi connectivity index (χ2n) is 7.96. The fraction of sp³-hybridized carbons (Fsp3) is 0.522. The smallest absolute Gasteiger partial charge is 0.123 e. The molecule has 0 N–H and O–H groups in total. The summed E-state index contributed by atoms with van der Waals surface area (Å²) in [5, 5.41) is 0. The zero-order valence-corrected chi connectivity index (χ0v) is 16.4. The topological polar surface area (TPSA) is 28.6 Å². The molecule has 27 heavy (non-hydrogen) atoms. The van der Waals surface area contributed by atoms with Crippen molar-refractivity contribution in [3.05, 3.63) is 59.4 Å². The zero-order valence-electron chi connectivity index (χ0n) is 16.4. The van der Waals surface area contributed by atoms with Crippen molar-refractivity contribution in [1.82, 2.24) is 14.8 Å². The molecule has 0 amide bonds. The summed E-state index contributed by atoms with van der Waals surface area (Å²) in [5.74, 6) is 1.72. The normalized spacial score (nSPS) is 19.4. The Morgan fingerprint density at radius 2 is 1.63 bits per heavy atom. The van der Waals surface area contributed by atoms with Crippen LogP contribution in [0.4, 0.5) is 0 Å². The van der Waals surface area contributed by atoms with Gasteiger partial charge in [0, 0.05) is 31.0 Å². The Morgan fingerprint density at radius 1 is 0.926 bits per heavy atom. The molecule has 4 rings (SSSR count). The van der Waals surface area contributed by atoms with Crippen molar-refractivity contribution >= 4 is 0 Å². The van der Waals surface area contributed by atoms with Crippen LogP contribution in [0.3, 0.4) is 0 Å². The highest BCUT2D eigenvalue weighted by molar-refractivity contribution is 5.37. The molecule has 0 bridgehead atoms. The van der Waals surface area contributed by atoms with Crippen molar-refractivity contribution in [2.75, 3.05) is 33.3 Å². The lowest BCUT2D eigenvalue weighted by molar-refractivity contribution is 0.204. The quantitative estimate of drug-likeness (QED) is 0.772. The van der Waals surface area contributed by atoms with E-state index in [1.165, 1.54) is 68.6 Å². The van der Waals surface area contributed by atoms with Gasteiger partial charge in [-0.2, -0.15) is 0 Å². The third-order valence-corrected chi connectivity index (χ3v) is 6.11. The zero-order chi connectivity index (χ0) is 18.5. The lowest BCUT2D eigenvalue weighted by Gasteiger charge is -2.32. The molecule has 1 aromatic heterocycles. The Labute approximate surface area is 163 Å². The van der Waals surface area contributed by atoms with E-state index < -0.39 is 0 Å². The lowest BCUT2D eigenvalue weighted by atomic mass is 9.90. The molecule has 2 aliphatic heterocycles. The molecule has 0 atom stereocenters. The number of ether oxygens (including phenoxy) is 1. The number of rotatable bonds is 6. The summed E-state index contributed by atoms with van der Waals surface area (Å²) in [4.78, 5) is 9.29. The van der Waals surface area contributed by atoms with Crippen molar-refractivity contribution in [3.8, 4) is 5.75 Å². The molecule has 2 aliphatic rings. The van der Waals surface area contributed by atoms with E-state index in [1.807, 2.05) is 12.4 Å². The summed E-state index contributed by atoms with van der Waals surface area (Å²) in [7, 11) is 1.78. The van der Waals surface area contributed by atoms with Crippen molar-refractivity contribution < 1.29 is 4.74 Å². The molecular formula is C23H31N3O. The van der Waals surface area contributed by atoms with Crippen LogP contribution < -0.4 is 4.74 Å². The second-order valence-corrected chi connectivity index (χ2v) is 7.96. The average molecular weight is 366 g/mol. The van der Waals surface area contributed by atoms with Gasteiger partial charge in [0.2, 0.25) is 0 Å². The Balaban J connectivity index is 1.36. The molecule has 0 aliphatic carbocycles. The molecule has 2 fully saturated rings. The van der Waals surface area contributed by atoms with Crippen LogP contribution in [0, 0.1) is 0 Å². The van der Waals surface area contributed by atoms with E-state index >= 15 is 0 Å². The molecule has 1 aromatic carbocycles. The first-order valence-corrected chi connectivity index (χ1v) is 10.3. The summed E-state index contributed by atoms with van der Waals surface area (Å²) >= 11 is 0. The Hall–Kier alpha value is -1.91. The minimum Gasteiger partial charge on any atom is -0.496 e. The number of likely N-dealkylation sites (tertiary alicyclic amines) is 2. The summed E-state index contributed by atoms with van der Waals surface area (Å²) in [6.07, 6.45) is 8.96. The molecule has 4 heteroatoms. The third-order valence-electron chi connectivity index (χ3n) is 6.11. The molecule has 0 saturated carbocycles. The van der Waals surface area contributed by atoms with Gasteiger partial charge >= 0.3 is 0 Å². The van der Waals surface area contributed by atoms with Gasteiger partial charge in [0.15, 0.2) is 0 Å². The van der Waals surface area contributed by atoms with E-state index in [4.69, 9.17) is 4.74 Å². The number of hydrogen-bond acceptors (Lipinski definition) is 4. The van der Waals surface area contributed by atoms with Gasteiger partial charge in [-0.3, -0.25) is 14.8 Å². The van der Waals surface area contributed by atoms with Gasteiger partial charge in [-0.15, -0.1) is 0 Å². The van der Waals surface area contributed by atoms with Gasteiger partial charge in [0.1, 0.15) is 5.75 Å². The number of nitrogens with zero attached hydrogens (tertiary/aromatic N) is 3. The van der Waals surface area contributed by atoms with E-state index in [1.54, 1.807) is 7.11 Å². The van der Waals surface area contributed by atoms with Gasteiger partial charge in [-0.05, 0) is 93.2 Å². The van der Waals surface area contributed by atoms with Gasteiger partial charge in [-0.1, -0.05) is 6.07 Å². The van der Waals surface area contributed by atoms with Crippen LogP contribution in [0.25, 0.3) is 0 Å². The van der Waals surface area contributed by atoms with Gasteiger partial charge in [0.25, 0.3) is 0 Å². The first kappa shape index (κ1) is 18.5. The number of piperidine rings is 1. The van der Waals surface area contributed by atoms with Crippen LogP contribution in [0.5, 0.6) is 5.75 Å². The van der Waals surface area contributed by atoms with Crippen molar-refractivity contribution in [3.63, 3.8) is 0 Å². The van der Waals surface area contributed by atoms with E-state index in [-0.39, 0.29) is 0 Å². The molecule has 4 nitrogen and oxygen atoms in total. The molecule has 0 radical (unpaired) electrons. The number of pyridine rings is 1. The predicted molar refractivity (Wildman–Crippen MR) is 109 cm³/mol. The standard InChI is InChI=1S/C23H31N3O/c1-27-23-5-4-19(16-22(23)18-25-12-2-3-13-25)17-26-14-8-21(9-15-26)20-6-10-24-11-7-20/h4-7,10-11,16,21H,2-3,8-9,12-15,17-18H2,1H3. The van der Waals surface area contributed by atoms with Gasteiger partial charge in [-0.25, -0.2) is 0 Å². The van der Waals surface area contributed by atoms with Crippen LogP contribution in [-0.2, 0) is 13.1 Å². The molecule has 0 unspecified atom stereocenters.